The van der Waals surface area contributed by atoms with Crippen LogP contribution in [0.1, 0.15) is 22.4 Å². The number of aromatic nitrogens is 3. The van der Waals surface area contributed by atoms with E-state index in [0.717, 1.165) is 6.54 Å². The topological polar surface area (TPSA) is 119 Å². The molecule has 2 atom stereocenters. The van der Waals surface area contributed by atoms with Gasteiger partial charge in [-0.2, -0.15) is 0 Å². The molecule has 158 valence electrons. The molecule has 2 N–H and O–H groups in total. The number of hydrogen-bond acceptors (Lipinski definition) is 8. The molecule has 1 unspecified atom stereocenters. The number of nitrogens with zero attached hydrogens (tertiary/aromatic N) is 4. The summed E-state index contributed by atoms with van der Waals surface area (Å²) in [6.45, 7) is 1.66. The average Bonchev–Trinajstić information content (AvgIpc) is 2.86. The summed E-state index contributed by atoms with van der Waals surface area (Å²) in [4.78, 5) is 39.2. The van der Waals surface area contributed by atoms with Crippen LogP contribution in [0.3, 0.4) is 0 Å². The van der Waals surface area contributed by atoms with Gasteiger partial charge in [-0.15, -0.1) is 0 Å². The van der Waals surface area contributed by atoms with Gasteiger partial charge in [0.25, 0.3) is 11.8 Å². The van der Waals surface area contributed by atoms with E-state index in [1.165, 1.54) is 17.3 Å². The van der Waals surface area contributed by atoms with Crippen LogP contribution in [0.15, 0.2) is 18.5 Å². The maximum Gasteiger partial charge on any atom is 0.289 e. The Balaban J connectivity index is 1.52. The van der Waals surface area contributed by atoms with Gasteiger partial charge in [0.2, 0.25) is 5.82 Å². The van der Waals surface area contributed by atoms with Gasteiger partial charge in [-0.05, 0) is 0 Å². The van der Waals surface area contributed by atoms with E-state index in [9.17, 15) is 9.59 Å². The predicted molar refractivity (Wildman–Crippen MR) is 108 cm³/mol. The molecule has 0 saturated carbocycles. The Hall–Kier alpha value is -2.53. The highest BCUT2D eigenvalue weighted by atomic mass is 35.5. The molecular formula is C18H18Cl2N6O4. The highest BCUT2D eigenvalue weighted by Gasteiger charge is 2.32. The number of halogens is 2. The largest absolute Gasteiger partial charge is 0.487 e. The lowest BCUT2D eigenvalue weighted by molar-refractivity contribution is -0.120. The standard InChI is InChI=1S/C18H18Cl2N6O4/c1-26-16-12(4-9(19)5-23-16)30-8-11(18(26)28)24-17(27)15-22-6-10(20)14(25-15)13-7-21-2-3-29-13/h4-6,11,13,21H,2-3,7-8H2,1H3,(H,24,27)/t11-,13?/m0/s1. The van der Waals surface area contributed by atoms with Crippen molar-refractivity contribution in [2.45, 2.75) is 12.1 Å². The molecule has 0 spiro atoms. The number of fused-ring (bicyclic) bond motifs is 1. The van der Waals surface area contributed by atoms with Crippen LogP contribution >= 0.6 is 23.2 Å². The second kappa shape index (κ2) is 8.68. The van der Waals surface area contributed by atoms with Crippen molar-refractivity contribution >= 4 is 40.8 Å². The fourth-order valence-corrected chi connectivity index (χ4v) is 3.50. The molecule has 2 aromatic rings. The van der Waals surface area contributed by atoms with E-state index in [0.29, 0.717) is 40.5 Å². The summed E-state index contributed by atoms with van der Waals surface area (Å²) in [6.07, 6.45) is 2.37. The van der Waals surface area contributed by atoms with E-state index in [4.69, 9.17) is 32.7 Å². The number of carbonyl (C=O) groups is 2. The molecule has 4 heterocycles. The van der Waals surface area contributed by atoms with Crippen LogP contribution < -0.4 is 20.3 Å². The molecule has 10 nitrogen and oxygen atoms in total. The summed E-state index contributed by atoms with van der Waals surface area (Å²) >= 11 is 12.1. The van der Waals surface area contributed by atoms with Gasteiger partial charge in [0.15, 0.2) is 11.6 Å². The van der Waals surface area contributed by atoms with Gasteiger partial charge in [0, 0.05) is 32.4 Å². The van der Waals surface area contributed by atoms with Gasteiger partial charge in [-0.1, -0.05) is 23.2 Å². The van der Waals surface area contributed by atoms with Gasteiger partial charge < -0.3 is 20.1 Å². The molecule has 2 aliphatic rings. The number of hydrogen-bond donors (Lipinski definition) is 2. The lowest BCUT2D eigenvalue weighted by atomic mass is 10.2. The number of pyridine rings is 1. The highest BCUT2D eigenvalue weighted by Crippen LogP contribution is 2.30. The molecule has 0 radical (unpaired) electrons. The van der Waals surface area contributed by atoms with Gasteiger partial charge in [-0.3, -0.25) is 14.5 Å². The maximum absolute atomic E-state index is 12.8. The lowest BCUT2D eigenvalue weighted by Gasteiger charge is -2.24. The maximum atomic E-state index is 12.8. The number of carbonyl (C=O) groups excluding carboxylic acids is 2. The Labute approximate surface area is 181 Å². The third-order valence-electron chi connectivity index (χ3n) is 4.66. The summed E-state index contributed by atoms with van der Waals surface area (Å²) in [6, 6.07) is 0.593. The van der Waals surface area contributed by atoms with Crippen molar-refractivity contribution in [3.8, 4) is 5.75 Å². The highest BCUT2D eigenvalue weighted by molar-refractivity contribution is 6.31. The minimum atomic E-state index is -0.967. The van der Waals surface area contributed by atoms with Crippen molar-refractivity contribution < 1.29 is 19.1 Å². The molecule has 2 aromatic heterocycles. The smallest absolute Gasteiger partial charge is 0.289 e. The van der Waals surface area contributed by atoms with Crippen molar-refractivity contribution in [2.24, 2.45) is 0 Å². The van der Waals surface area contributed by atoms with Gasteiger partial charge in [-0.25, -0.2) is 15.0 Å². The van der Waals surface area contributed by atoms with Crippen LogP contribution in [0.4, 0.5) is 5.82 Å². The molecule has 2 amide bonds. The Morgan fingerprint density at radius 2 is 2.17 bits per heavy atom. The van der Waals surface area contributed by atoms with E-state index in [1.807, 2.05) is 0 Å². The predicted octanol–water partition coefficient (Wildman–Crippen LogP) is 0.993. The van der Waals surface area contributed by atoms with Crippen LogP contribution in [0.2, 0.25) is 10.0 Å². The minimum Gasteiger partial charge on any atom is -0.487 e. The van der Waals surface area contributed by atoms with Crippen LogP contribution in [-0.4, -0.2) is 66.2 Å². The third kappa shape index (κ3) is 4.17. The molecule has 12 heteroatoms. The third-order valence-corrected chi connectivity index (χ3v) is 5.16. The molecule has 1 fully saturated rings. The monoisotopic (exact) mass is 452 g/mol. The van der Waals surface area contributed by atoms with E-state index in [1.54, 1.807) is 13.1 Å². The van der Waals surface area contributed by atoms with E-state index < -0.39 is 17.9 Å². The number of anilines is 1. The van der Waals surface area contributed by atoms with Crippen molar-refractivity contribution in [2.75, 3.05) is 38.3 Å². The van der Waals surface area contributed by atoms with E-state index >= 15 is 0 Å². The Bertz CT molecular complexity index is 985. The van der Waals surface area contributed by atoms with Crippen molar-refractivity contribution in [3.63, 3.8) is 0 Å². The lowest BCUT2D eigenvalue weighted by Crippen LogP contribution is -2.49. The summed E-state index contributed by atoms with van der Waals surface area (Å²) < 4.78 is 11.3. The Kier molecular flexibility index (Phi) is 6.00. The fourth-order valence-electron chi connectivity index (χ4n) is 3.14. The van der Waals surface area contributed by atoms with Gasteiger partial charge >= 0.3 is 0 Å². The molecule has 0 aliphatic carbocycles. The van der Waals surface area contributed by atoms with Crippen LogP contribution in [0.5, 0.6) is 5.75 Å². The quantitative estimate of drug-likeness (QED) is 0.707. The first-order chi connectivity index (χ1) is 14.4. The molecular weight excluding hydrogens is 435 g/mol. The molecule has 2 aliphatic heterocycles. The second-order valence-corrected chi connectivity index (χ2v) is 7.54. The molecule has 0 bridgehead atoms. The van der Waals surface area contributed by atoms with E-state index in [-0.39, 0.29) is 18.5 Å². The summed E-state index contributed by atoms with van der Waals surface area (Å²) in [5, 5.41) is 6.46. The summed E-state index contributed by atoms with van der Waals surface area (Å²) in [7, 11) is 1.54. The molecule has 4 rings (SSSR count). The average molecular weight is 453 g/mol. The summed E-state index contributed by atoms with van der Waals surface area (Å²) in [5.74, 6) is -0.493. The number of morpholine rings is 1. The number of nitrogens with one attached hydrogen (secondary N) is 2. The number of ether oxygens (including phenoxy) is 2. The minimum absolute atomic E-state index is 0.0972. The molecule has 30 heavy (non-hydrogen) atoms. The number of amides is 2. The SMILES string of the molecule is CN1C(=O)[C@@H](NC(=O)c2ncc(Cl)c(C3CNCCO3)n2)COc2cc(Cl)cnc21. The van der Waals surface area contributed by atoms with Crippen molar-refractivity contribution in [1.82, 2.24) is 25.6 Å². The van der Waals surface area contributed by atoms with Crippen molar-refractivity contribution in [3.05, 3.63) is 40.0 Å². The fraction of sp³-hybridized carbons (Fsp3) is 0.389. The van der Waals surface area contributed by atoms with Crippen molar-refractivity contribution in [1.29, 1.82) is 0 Å². The zero-order valence-corrected chi connectivity index (χ0v) is 17.4. The number of likely N-dealkylation sites (N-methyl/N-ethyl adjacent to an activating group) is 1. The van der Waals surface area contributed by atoms with Crippen LogP contribution in [0.25, 0.3) is 0 Å². The Morgan fingerprint density at radius 3 is 2.93 bits per heavy atom. The van der Waals surface area contributed by atoms with Crippen LogP contribution in [-0.2, 0) is 9.53 Å². The number of rotatable bonds is 3. The molecule has 1 saturated heterocycles. The van der Waals surface area contributed by atoms with Crippen LogP contribution in [0, 0.1) is 0 Å². The van der Waals surface area contributed by atoms with Gasteiger partial charge in [0.1, 0.15) is 18.8 Å². The van der Waals surface area contributed by atoms with E-state index in [2.05, 4.69) is 25.6 Å². The second-order valence-electron chi connectivity index (χ2n) is 6.70. The Morgan fingerprint density at radius 1 is 1.33 bits per heavy atom. The van der Waals surface area contributed by atoms with Gasteiger partial charge in [0.05, 0.1) is 28.5 Å². The first kappa shape index (κ1) is 20.7. The first-order valence-electron chi connectivity index (χ1n) is 9.15. The first-order valence-corrected chi connectivity index (χ1v) is 9.91. The summed E-state index contributed by atoms with van der Waals surface area (Å²) in [5.41, 5.74) is 0.413. The zero-order chi connectivity index (χ0) is 21.3. The normalized spacial score (nSPS) is 21.4. The zero-order valence-electron chi connectivity index (χ0n) is 15.9. The molecule has 0 aromatic carbocycles.